The molecule has 3 rings (SSSR count). The zero-order valence-electron chi connectivity index (χ0n) is 11.8. The lowest BCUT2D eigenvalue weighted by atomic mass is 10.1. The van der Waals surface area contributed by atoms with Crippen LogP contribution in [0.1, 0.15) is 22.2 Å². The first-order valence-electron chi connectivity index (χ1n) is 6.75. The van der Waals surface area contributed by atoms with E-state index in [-0.39, 0.29) is 12.0 Å². The summed E-state index contributed by atoms with van der Waals surface area (Å²) in [7, 11) is 1.79. The van der Waals surface area contributed by atoms with E-state index in [4.69, 9.17) is 10.5 Å². The predicted octanol–water partition coefficient (Wildman–Crippen LogP) is 0.611. The molecule has 21 heavy (non-hydrogen) atoms. The number of nitrogens with zero attached hydrogens (tertiary/aromatic N) is 4. The smallest absolute Gasteiger partial charge is 0.257 e. The van der Waals surface area contributed by atoms with Crippen LogP contribution in [-0.4, -0.2) is 45.3 Å². The van der Waals surface area contributed by atoms with Gasteiger partial charge in [-0.1, -0.05) is 6.07 Å². The molecule has 110 valence electrons. The lowest BCUT2D eigenvalue weighted by molar-refractivity contribution is -0.0246. The summed E-state index contributed by atoms with van der Waals surface area (Å²) in [5.74, 6) is 0.409. The zero-order valence-corrected chi connectivity index (χ0v) is 11.8. The van der Waals surface area contributed by atoms with Crippen LogP contribution in [0.4, 0.5) is 5.82 Å². The van der Waals surface area contributed by atoms with Gasteiger partial charge in [0, 0.05) is 19.8 Å². The molecule has 2 aromatic rings. The molecule has 0 saturated carbocycles. The second kappa shape index (κ2) is 5.53. The summed E-state index contributed by atoms with van der Waals surface area (Å²) in [5.41, 5.74) is 7.03. The van der Waals surface area contributed by atoms with Gasteiger partial charge in [0.1, 0.15) is 11.9 Å². The second-order valence-electron chi connectivity index (χ2n) is 5.00. The Morgan fingerprint density at radius 1 is 1.48 bits per heavy atom. The molecule has 0 radical (unpaired) electrons. The van der Waals surface area contributed by atoms with E-state index in [9.17, 15) is 4.79 Å². The fourth-order valence-corrected chi connectivity index (χ4v) is 2.38. The molecular formula is C14H17N5O2. The first kappa shape index (κ1) is 13.6. The maximum Gasteiger partial charge on any atom is 0.257 e. The van der Waals surface area contributed by atoms with Crippen molar-refractivity contribution in [2.45, 2.75) is 6.10 Å². The number of anilines is 1. The van der Waals surface area contributed by atoms with E-state index in [1.165, 1.54) is 0 Å². The summed E-state index contributed by atoms with van der Waals surface area (Å²) >= 11 is 0. The number of carbonyl (C=O) groups is 1. The highest BCUT2D eigenvalue weighted by Crippen LogP contribution is 2.22. The molecule has 0 aromatic carbocycles. The Bertz CT molecular complexity index is 654. The van der Waals surface area contributed by atoms with Gasteiger partial charge in [0.2, 0.25) is 0 Å². The first-order chi connectivity index (χ1) is 10.1. The van der Waals surface area contributed by atoms with Gasteiger partial charge < -0.3 is 15.4 Å². The van der Waals surface area contributed by atoms with Crippen molar-refractivity contribution in [3.8, 4) is 0 Å². The van der Waals surface area contributed by atoms with Gasteiger partial charge in [-0.25, -0.2) is 4.98 Å². The van der Waals surface area contributed by atoms with Crippen LogP contribution >= 0.6 is 0 Å². The van der Waals surface area contributed by atoms with Crippen LogP contribution in [0.15, 0.2) is 30.6 Å². The molecule has 2 N–H and O–H groups in total. The quantitative estimate of drug-likeness (QED) is 0.874. The number of pyridine rings is 1. The maximum atomic E-state index is 12.4. The van der Waals surface area contributed by atoms with Crippen LogP contribution in [-0.2, 0) is 11.8 Å². The van der Waals surface area contributed by atoms with Gasteiger partial charge in [0.25, 0.3) is 5.91 Å². The van der Waals surface area contributed by atoms with Crippen LogP contribution in [0.25, 0.3) is 0 Å². The van der Waals surface area contributed by atoms with Gasteiger partial charge in [-0.05, 0) is 12.1 Å². The SMILES string of the molecule is Cn1cc(C(=O)N2CCOC(c3cccc(N)n3)C2)cn1. The van der Waals surface area contributed by atoms with Crippen molar-refractivity contribution in [1.82, 2.24) is 19.7 Å². The first-order valence-corrected chi connectivity index (χ1v) is 6.75. The Labute approximate surface area is 122 Å². The summed E-state index contributed by atoms with van der Waals surface area (Å²) in [6.45, 7) is 1.50. The minimum Gasteiger partial charge on any atom is -0.384 e. The molecule has 0 spiro atoms. The molecule has 3 heterocycles. The average molecular weight is 287 g/mol. The van der Waals surface area contributed by atoms with Crippen molar-refractivity contribution in [1.29, 1.82) is 0 Å². The van der Waals surface area contributed by atoms with Crippen LogP contribution < -0.4 is 5.73 Å². The average Bonchev–Trinajstić information content (AvgIpc) is 2.93. The Hall–Kier alpha value is -2.41. The van der Waals surface area contributed by atoms with E-state index in [1.54, 1.807) is 35.1 Å². The molecule has 1 saturated heterocycles. The van der Waals surface area contributed by atoms with E-state index < -0.39 is 0 Å². The van der Waals surface area contributed by atoms with Gasteiger partial charge >= 0.3 is 0 Å². The molecule has 0 bridgehead atoms. The molecule has 0 aliphatic carbocycles. The summed E-state index contributed by atoms with van der Waals surface area (Å²) in [5, 5.41) is 4.03. The highest BCUT2D eigenvalue weighted by molar-refractivity contribution is 5.93. The highest BCUT2D eigenvalue weighted by atomic mass is 16.5. The summed E-state index contributed by atoms with van der Waals surface area (Å²) in [6.07, 6.45) is 3.04. The zero-order chi connectivity index (χ0) is 14.8. The summed E-state index contributed by atoms with van der Waals surface area (Å²) in [6, 6.07) is 5.42. The molecule has 1 atom stereocenters. The van der Waals surface area contributed by atoms with E-state index in [0.717, 1.165) is 5.69 Å². The standard InChI is InChI=1S/C14H17N5O2/c1-18-8-10(7-16-18)14(20)19-5-6-21-12(9-19)11-3-2-4-13(15)17-11/h2-4,7-8,12H,5-6,9H2,1H3,(H2,15,17). The van der Waals surface area contributed by atoms with Crippen LogP contribution in [0.3, 0.4) is 0 Å². The number of aromatic nitrogens is 3. The number of hydrogen-bond acceptors (Lipinski definition) is 5. The predicted molar refractivity (Wildman–Crippen MR) is 76.5 cm³/mol. The minimum atomic E-state index is -0.247. The number of nitrogen functional groups attached to an aromatic ring is 1. The number of ether oxygens (including phenoxy) is 1. The number of carbonyl (C=O) groups excluding carboxylic acids is 1. The van der Waals surface area contributed by atoms with Gasteiger partial charge in [0.15, 0.2) is 0 Å². The summed E-state index contributed by atoms with van der Waals surface area (Å²) < 4.78 is 7.32. The van der Waals surface area contributed by atoms with E-state index in [2.05, 4.69) is 10.1 Å². The lowest BCUT2D eigenvalue weighted by Crippen LogP contribution is -2.42. The molecule has 1 amide bonds. The molecule has 7 nitrogen and oxygen atoms in total. The molecule has 1 aliphatic rings. The molecule has 1 aliphatic heterocycles. The number of nitrogens with two attached hydrogens (primary N) is 1. The van der Waals surface area contributed by atoms with Gasteiger partial charge in [-0.15, -0.1) is 0 Å². The van der Waals surface area contributed by atoms with Gasteiger partial charge in [-0.3, -0.25) is 9.48 Å². The monoisotopic (exact) mass is 287 g/mol. The van der Waals surface area contributed by atoms with Crippen molar-refractivity contribution in [3.63, 3.8) is 0 Å². The fraction of sp³-hybridized carbons (Fsp3) is 0.357. The van der Waals surface area contributed by atoms with Crippen molar-refractivity contribution < 1.29 is 9.53 Å². The maximum absolute atomic E-state index is 12.4. The Morgan fingerprint density at radius 2 is 2.33 bits per heavy atom. The molecule has 7 heteroatoms. The highest BCUT2D eigenvalue weighted by Gasteiger charge is 2.27. The largest absolute Gasteiger partial charge is 0.384 e. The lowest BCUT2D eigenvalue weighted by Gasteiger charge is -2.32. The molecule has 1 unspecified atom stereocenters. The van der Waals surface area contributed by atoms with Crippen LogP contribution in [0.5, 0.6) is 0 Å². The third kappa shape index (κ3) is 2.87. The third-order valence-corrected chi connectivity index (χ3v) is 3.43. The second-order valence-corrected chi connectivity index (χ2v) is 5.00. The number of morpholine rings is 1. The third-order valence-electron chi connectivity index (χ3n) is 3.43. The topological polar surface area (TPSA) is 86.3 Å². The van der Waals surface area contributed by atoms with Gasteiger partial charge in [-0.2, -0.15) is 5.10 Å². The molecule has 1 fully saturated rings. The molecular weight excluding hydrogens is 270 g/mol. The molecule has 2 aromatic heterocycles. The Morgan fingerprint density at radius 3 is 3.05 bits per heavy atom. The number of amides is 1. The van der Waals surface area contributed by atoms with Crippen molar-refractivity contribution in [2.75, 3.05) is 25.4 Å². The summed E-state index contributed by atoms with van der Waals surface area (Å²) in [4.78, 5) is 18.5. The van der Waals surface area contributed by atoms with E-state index in [0.29, 0.717) is 31.1 Å². The van der Waals surface area contributed by atoms with Crippen LogP contribution in [0, 0.1) is 0 Å². The van der Waals surface area contributed by atoms with E-state index >= 15 is 0 Å². The number of hydrogen-bond donors (Lipinski definition) is 1. The van der Waals surface area contributed by atoms with E-state index in [1.807, 2.05) is 12.1 Å². The number of rotatable bonds is 2. The van der Waals surface area contributed by atoms with Gasteiger partial charge in [0.05, 0.1) is 30.6 Å². The Balaban J connectivity index is 1.75. The van der Waals surface area contributed by atoms with Crippen molar-refractivity contribution >= 4 is 11.7 Å². The Kier molecular flexibility index (Phi) is 3.57. The van der Waals surface area contributed by atoms with Crippen LogP contribution in [0.2, 0.25) is 0 Å². The fourth-order valence-electron chi connectivity index (χ4n) is 2.38. The normalized spacial score (nSPS) is 18.7. The van der Waals surface area contributed by atoms with Crippen molar-refractivity contribution in [2.24, 2.45) is 7.05 Å². The van der Waals surface area contributed by atoms with Crippen molar-refractivity contribution in [3.05, 3.63) is 41.9 Å². The number of aryl methyl sites for hydroxylation is 1. The minimum absolute atomic E-state index is 0.0414.